The van der Waals surface area contributed by atoms with E-state index in [4.69, 9.17) is 74.5 Å². The van der Waals surface area contributed by atoms with Crippen molar-refractivity contribution in [2.75, 3.05) is 196 Å². The number of hydrazine groups is 1. The molecule has 1 aromatic heterocycles. The number of nitrogens with one attached hydrogen (secondary N) is 7. The summed E-state index contributed by atoms with van der Waals surface area (Å²) in [7, 11) is -2.45. The number of benzene rings is 1. The Morgan fingerprint density at radius 1 is 0.707 bits per heavy atom. The van der Waals surface area contributed by atoms with Gasteiger partial charge in [0.15, 0.2) is 11.6 Å². The summed E-state index contributed by atoms with van der Waals surface area (Å²) in [5, 5.41) is 69.0. The number of aliphatic hydroxyl groups excluding tert-OH is 3. The molecule has 2 unspecified atom stereocenters. The van der Waals surface area contributed by atoms with Gasteiger partial charge < -0.3 is 136 Å². The minimum atomic E-state index is -2.45. The van der Waals surface area contributed by atoms with Crippen molar-refractivity contribution in [2.24, 2.45) is 46.9 Å². The fourth-order valence-electron chi connectivity index (χ4n) is 12.3. The molecule has 0 aliphatic carbocycles. The van der Waals surface area contributed by atoms with Crippen LogP contribution in [0.5, 0.6) is 5.75 Å². The highest BCUT2D eigenvalue weighted by Crippen LogP contribution is 2.37. The molecule has 0 spiro atoms. The van der Waals surface area contributed by atoms with Gasteiger partial charge in [0.25, 0.3) is 0 Å². The van der Waals surface area contributed by atoms with E-state index in [9.17, 15) is 73.2 Å². The molecule has 1 aromatic carbocycles. The third-order valence-corrected chi connectivity index (χ3v) is 21.4. The van der Waals surface area contributed by atoms with E-state index >= 15 is 4.21 Å². The van der Waals surface area contributed by atoms with Crippen LogP contribution in [-0.2, 0) is 128 Å². The van der Waals surface area contributed by atoms with Crippen LogP contribution in [0.1, 0.15) is 77.3 Å². The Hall–Kier alpha value is -7.63. The minimum Gasteiger partial charge on any atom is -0.508 e. The summed E-state index contributed by atoms with van der Waals surface area (Å²) in [6.07, 6.45) is -4.22. The van der Waals surface area contributed by atoms with Gasteiger partial charge in [0.05, 0.1) is 231 Å². The number of amides is 8. The molecule has 2 bridgehead atoms. The predicted octanol–water partition coefficient (Wildman–Crippen LogP) is -4.12. The molecule has 18 N–H and O–H groups in total. The summed E-state index contributed by atoms with van der Waals surface area (Å²) >= 11 is 1.35. The number of carbonyl (C=O) groups excluding carboxylic acids is 10. The van der Waals surface area contributed by atoms with Crippen molar-refractivity contribution in [3.63, 3.8) is 0 Å². The number of nitrogens with two attached hydrogens (primary N) is 3. The Morgan fingerprint density at radius 3 is 1.77 bits per heavy atom. The quantitative estimate of drug-likeness (QED) is 0.0170. The zero-order chi connectivity index (χ0) is 84.9. The van der Waals surface area contributed by atoms with Gasteiger partial charge in [0, 0.05) is 84.3 Å². The lowest BCUT2D eigenvalue weighted by molar-refractivity contribution is -0.144. The van der Waals surface area contributed by atoms with Crippen molar-refractivity contribution in [1.29, 1.82) is 0 Å². The van der Waals surface area contributed by atoms with Crippen molar-refractivity contribution in [1.82, 2.24) is 46.8 Å². The molecule has 3 aliphatic rings. The fourth-order valence-corrected chi connectivity index (χ4v) is 14.5. The van der Waals surface area contributed by atoms with Crippen molar-refractivity contribution < 1.29 is 135 Å². The number of Topliss-reactive ketones (excluding diaryl/α,β-unsaturated/α-hetero) is 2. The molecule has 40 nitrogen and oxygen atoms in total. The van der Waals surface area contributed by atoms with E-state index in [1.54, 1.807) is 13.8 Å². The molecule has 8 amide bonds. The SMILES string of the molecule is CC[C@H](C)[C@@H]1CC(=O)CNC(=O)[C@H]2CC(=O)[C@H]([C@@H](C)[C@@H](O)CO)NC(=O)[C@@H]3C[C@@H](O)CN3C(=O)[C@H](CC(N)=O)NC(=O)[C@@H](CS(=O)c3[nH]c4c(CSCCOCCOCCOCCOCCOCCOCCOCCOCCOCCOCCOCCN(N)/C=C(\N)CNC(=O)CC(C)C(=O)O)c(O)ccc4c3C2)NC(=O)CNC1=O. The maximum atomic E-state index is 15.3. The normalized spacial score (nSPS) is 21.6. The zero-order valence-corrected chi connectivity index (χ0v) is 68.2. The molecule has 1 fully saturated rings. The zero-order valence-electron chi connectivity index (χ0n) is 66.5. The van der Waals surface area contributed by atoms with Gasteiger partial charge >= 0.3 is 5.97 Å². The van der Waals surface area contributed by atoms with Crippen molar-refractivity contribution >= 4 is 98.3 Å². The van der Waals surface area contributed by atoms with Crippen LogP contribution in [0.2, 0.25) is 0 Å². The second-order valence-electron chi connectivity index (χ2n) is 28.0. The highest BCUT2D eigenvalue weighted by atomic mass is 32.2. The second kappa shape index (κ2) is 55.2. The lowest BCUT2D eigenvalue weighted by Gasteiger charge is -2.32. The van der Waals surface area contributed by atoms with Crippen LogP contribution in [0, 0.1) is 29.6 Å². The Balaban J connectivity index is 1.03. The van der Waals surface area contributed by atoms with Crippen molar-refractivity contribution in [3.8, 4) is 5.75 Å². The molecule has 3 aliphatic heterocycles. The van der Waals surface area contributed by atoms with Crippen LogP contribution in [0.4, 0.5) is 0 Å². The number of aromatic hydroxyl groups is 1. The maximum Gasteiger partial charge on any atom is 0.306 e. The van der Waals surface area contributed by atoms with Gasteiger partial charge in [-0.3, -0.25) is 56.9 Å². The smallest absolute Gasteiger partial charge is 0.306 e. The number of hydrogen-bond donors (Lipinski definition) is 15. The fraction of sp³-hybridized carbons (Fsp3) is 0.716. The number of carboxylic acids is 1. The second-order valence-corrected chi connectivity index (χ2v) is 30.5. The summed E-state index contributed by atoms with van der Waals surface area (Å²) in [6, 6.07) is -4.18. The summed E-state index contributed by atoms with van der Waals surface area (Å²) in [5.74, 6) is -9.65. The number of carboxylic acid groups (broad SMARTS) is 1. The number of aromatic nitrogens is 1. The van der Waals surface area contributed by atoms with Crippen LogP contribution >= 0.6 is 11.8 Å². The number of carbonyl (C=O) groups is 11. The van der Waals surface area contributed by atoms with E-state index in [1.807, 2.05) is 0 Å². The van der Waals surface area contributed by atoms with Crippen molar-refractivity contribution in [3.05, 3.63) is 35.2 Å². The molecule has 42 heteroatoms. The van der Waals surface area contributed by atoms with Gasteiger partial charge in [-0.2, -0.15) is 11.8 Å². The number of primary amides is 1. The van der Waals surface area contributed by atoms with Crippen LogP contribution in [-0.4, -0.2) is 342 Å². The topological polar surface area (TPSA) is 580 Å². The number of phenols is 1. The third-order valence-electron chi connectivity index (χ3n) is 19.0. The molecule has 1 saturated heterocycles. The number of ether oxygens (including phenoxy) is 11. The molecule has 0 radical (unpaired) electrons. The lowest BCUT2D eigenvalue weighted by Crippen LogP contribution is -2.60. The molecular weight excluding hydrogens is 1570 g/mol. The Labute approximate surface area is 680 Å². The van der Waals surface area contributed by atoms with Crippen LogP contribution in [0.3, 0.4) is 0 Å². The first-order valence-corrected chi connectivity index (χ1v) is 41.3. The summed E-state index contributed by atoms with van der Waals surface area (Å²) < 4.78 is 76.6. The number of aliphatic hydroxyl groups is 3. The van der Waals surface area contributed by atoms with E-state index in [0.29, 0.717) is 156 Å². The predicted molar refractivity (Wildman–Crippen MR) is 417 cm³/mol. The molecule has 116 heavy (non-hydrogen) atoms. The third kappa shape index (κ3) is 36.3. The number of aliphatic carboxylic acids is 1. The largest absolute Gasteiger partial charge is 0.508 e. The van der Waals surface area contributed by atoms with Crippen LogP contribution in [0.15, 0.2) is 29.1 Å². The number of aromatic amines is 1. The Morgan fingerprint density at radius 2 is 1.24 bits per heavy atom. The van der Waals surface area contributed by atoms with E-state index in [-0.39, 0.29) is 65.8 Å². The Bertz CT molecular complexity index is 3490. The van der Waals surface area contributed by atoms with E-state index in [1.165, 1.54) is 49.0 Å². The first-order valence-electron chi connectivity index (χ1n) is 38.8. The van der Waals surface area contributed by atoms with Crippen molar-refractivity contribution in [2.45, 2.75) is 120 Å². The highest BCUT2D eigenvalue weighted by molar-refractivity contribution is 7.98. The van der Waals surface area contributed by atoms with Crippen LogP contribution < -0.4 is 49.2 Å². The number of nitrogens with zero attached hydrogens (tertiary/aromatic N) is 2. The number of fused-ring (bicyclic) bond motifs is 5. The molecule has 12 atom stereocenters. The van der Waals surface area contributed by atoms with Gasteiger partial charge in [-0.05, 0) is 30.0 Å². The first-order chi connectivity index (χ1) is 55.6. The number of phenolic OH excluding ortho intramolecular Hbond substituents is 1. The van der Waals surface area contributed by atoms with E-state index in [2.05, 4.69) is 36.9 Å². The summed E-state index contributed by atoms with van der Waals surface area (Å²) in [4.78, 5) is 154. The number of H-pyrrole nitrogens is 1. The van der Waals surface area contributed by atoms with Crippen LogP contribution in [0.25, 0.3) is 10.9 Å². The minimum absolute atomic E-state index is 0.0314. The summed E-state index contributed by atoms with van der Waals surface area (Å²) in [5.41, 5.74) is 12.4. The average Bonchev–Trinajstić information content (AvgIpc) is 1.61. The van der Waals surface area contributed by atoms with E-state index < -0.39 is 206 Å². The monoisotopic (exact) mass is 1690 g/mol. The molecular formula is C74H120N12O28S2. The first kappa shape index (κ1) is 98.9. The molecule has 0 saturated carbocycles. The maximum absolute atomic E-state index is 15.3. The number of ketones is 2. The lowest BCUT2D eigenvalue weighted by atomic mass is 9.85. The molecule has 4 heterocycles. The molecule has 2 aromatic rings. The summed E-state index contributed by atoms with van der Waals surface area (Å²) in [6.45, 7) is 11.6. The number of rotatable bonds is 51. The Kier molecular flexibility index (Phi) is 47.1. The van der Waals surface area contributed by atoms with Gasteiger partial charge in [-0.25, -0.2) is 5.84 Å². The van der Waals surface area contributed by atoms with E-state index in [0.717, 1.165) is 4.90 Å². The molecule has 656 valence electrons. The average molecular weight is 1690 g/mol. The standard InChI is InChI=1S/C74H120N12O28S2/c1-5-46(2)54-35-51(88)39-79-68(96)49-33-55-53-6-7-60(90)56(67(53)84-72(55)116(103)45-58(81-65(95)40-80-69(54)97)70(98)82-57(37-63(76)93)73(100)86-42-52(89)36-59(86)71(99)83-66(61(91)34-49)48(4)62(92)43-87)44-115-31-30-114-29-28-113-27-26-112-25-24-111-23-22-110-21-20-109-19-18-108-17-16-107-15-14-106-13-12-105-11-10-104-9-8-85(77)41-50(75)38-78-64(94)32-47(3)74(101)102/h6-7,41,46-49,52,54,57-59,62,66,84,87,89-90,92H,5,8-40,42-45,75,77H2,1-4H3,(H2,76,93)(H,78,94)(H,79,96)(H,80,97)(H,81,95)(H,82,98)(H,83,99)(H,101,102)/b50-41-/t46-,47?,48-,49+,52+,54-,57-,58+,59-,62-,66-,116?/m0/s1. The number of hydrogen-bond acceptors (Lipinski definition) is 31. The van der Waals surface area contributed by atoms with Gasteiger partial charge in [0.1, 0.15) is 28.9 Å². The van der Waals surface area contributed by atoms with Gasteiger partial charge in [-0.15, -0.1) is 0 Å². The number of thioether (sulfide) groups is 1. The van der Waals surface area contributed by atoms with Gasteiger partial charge in [-0.1, -0.05) is 34.1 Å². The highest BCUT2D eigenvalue weighted by Gasteiger charge is 2.45. The molecule has 5 rings (SSSR count). The van der Waals surface area contributed by atoms with Gasteiger partial charge in [0.2, 0.25) is 47.3 Å².